The first kappa shape index (κ1) is 19.6. The van der Waals surface area contributed by atoms with Crippen molar-refractivity contribution in [2.24, 2.45) is 5.73 Å². The average molecular weight is 345 g/mol. The van der Waals surface area contributed by atoms with E-state index in [0.717, 1.165) is 24.9 Å². The van der Waals surface area contributed by atoms with Crippen molar-refractivity contribution in [2.75, 3.05) is 6.54 Å². The Morgan fingerprint density at radius 3 is 2.29 bits per heavy atom. The van der Waals surface area contributed by atoms with Crippen LogP contribution in [0.5, 0.6) is 0 Å². The van der Waals surface area contributed by atoms with E-state index in [1.165, 1.54) is 0 Å². The topological polar surface area (TPSA) is 113 Å². The Morgan fingerprint density at radius 2 is 1.90 bits per heavy atom. The fraction of sp³-hybridized carbons (Fsp3) is 0.429. The molecule has 0 aromatic heterocycles. The number of benzene rings is 1. The van der Waals surface area contributed by atoms with Crippen LogP contribution >= 0.6 is 0 Å². The molecule has 0 spiro atoms. The van der Waals surface area contributed by atoms with Crippen LogP contribution in [0.25, 0.3) is 0 Å². The van der Waals surface area contributed by atoms with Crippen molar-refractivity contribution in [2.45, 2.75) is 31.3 Å². The Kier molecular flexibility index (Phi) is 9.65. The maximum atomic E-state index is 10.4. The molecular weight excluding hydrogens is 324 g/mol. The second kappa shape index (κ2) is 10.3. The van der Waals surface area contributed by atoms with E-state index < -0.39 is 18.0 Å². The molecule has 7 heteroatoms. The van der Waals surface area contributed by atoms with Crippen LogP contribution in [0.15, 0.2) is 30.3 Å². The van der Waals surface area contributed by atoms with Gasteiger partial charge in [0.2, 0.25) is 0 Å². The number of carboxylic acid groups (broad SMARTS) is 2. The number of carboxylic acids is 2. The fourth-order valence-corrected chi connectivity index (χ4v) is 1.85. The van der Waals surface area contributed by atoms with E-state index in [0.29, 0.717) is 6.42 Å². The summed E-state index contributed by atoms with van der Waals surface area (Å²) < 4.78 is 0. The normalized spacial score (nSPS) is 17.9. The van der Waals surface area contributed by atoms with Crippen molar-refractivity contribution in [3.8, 4) is 0 Å². The van der Waals surface area contributed by atoms with Crippen molar-refractivity contribution in [3.63, 3.8) is 0 Å². The first-order chi connectivity index (χ1) is 9.50. The minimum absolute atomic E-state index is 0. The van der Waals surface area contributed by atoms with E-state index in [1.807, 2.05) is 30.3 Å². The Hall–Kier alpha value is -1.40. The van der Waals surface area contributed by atoms with Gasteiger partial charge in [0.05, 0.1) is 0 Å². The SMILES string of the molecule is N[C@H](Cc1ccccc1)C(=O)O.O=C(O)[C@H]1CCCN1.[CuH+]. The Labute approximate surface area is 134 Å². The van der Waals surface area contributed by atoms with Crippen LogP contribution in [0, 0.1) is 0 Å². The molecule has 1 aromatic carbocycles. The van der Waals surface area contributed by atoms with Gasteiger partial charge in [-0.1, -0.05) is 30.3 Å². The number of hydrogen-bond donors (Lipinski definition) is 4. The molecule has 1 aliphatic rings. The van der Waals surface area contributed by atoms with Gasteiger partial charge in [0.1, 0.15) is 12.1 Å². The second-order valence-corrected chi connectivity index (χ2v) is 4.62. The number of carbonyl (C=O) groups is 2. The van der Waals surface area contributed by atoms with E-state index in [-0.39, 0.29) is 23.1 Å². The van der Waals surface area contributed by atoms with Crippen LogP contribution in [0.2, 0.25) is 0 Å². The molecule has 1 saturated heterocycles. The summed E-state index contributed by atoms with van der Waals surface area (Å²) in [5.74, 6) is -1.68. The Morgan fingerprint density at radius 1 is 1.29 bits per heavy atom. The summed E-state index contributed by atoms with van der Waals surface area (Å²) in [6.07, 6.45) is 2.17. The van der Waals surface area contributed by atoms with Crippen LogP contribution in [0.3, 0.4) is 0 Å². The van der Waals surface area contributed by atoms with Crippen LogP contribution in [0.4, 0.5) is 0 Å². The van der Waals surface area contributed by atoms with Crippen molar-refractivity contribution in [1.82, 2.24) is 5.32 Å². The van der Waals surface area contributed by atoms with Crippen LogP contribution in [-0.4, -0.2) is 40.8 Å². The summed E-state index contributed by atoms with van der Waals surface area (Å²) in [5.41, 5.74) is 6.30. The third-order valence-electron chi connectivity index (χ3n) is 2.97. The molecule has 2 atom stereocenters. The van der Waals surface area contributed by atoms with Crippen molar-refractivity contribution < 1.29 is 36.9 Å². The van der Waals surface area contributed by atoms with E-state index >= 15 is 0 Å². The summed E-state index contributed by atoms with van der Waals surface area (Å²) in [6, 6.07) is 8.28. The molecule has 0 saturated carbocycles. The third-order valence-corrected chi connectivity index (χ3v) is 2.97. The first-order valence-electron chi connectivity index (χ1n) is 6.49. The monoisotopic (exact) mass is 344 g/mol. The molecule has 1 aromatic rings. The molecular formula is C14H21CuN2O4+. The molecule has 1 fully saturated rings. The number of hydrogen-bond acceptors (Lipinski definition) is 4. The van der Waals surface area contributed by atoms with Crippen molar-refractivity contribution in [3.05, 3.63) is 35.9 Å². The van der Waals surface area contributed by atoms with Gasteiger partial charge in [-0.05, 0) is 31.4 Å². The third kappa shape index (κ3) is 7.82. The molecule has 0 bridgehead atoms. The van der Waals surface area contributed by atoms with Gasteiger partial charge in [-0.15, -0.1) is 0 Å². The standard InChI is InChI=1S/C9H11NO2.C5H9NO2.Cu.H/c10-8(9(11)12)6-7-4-2-1-3-5-7;7-5(8)4-2-1-3-6-4;;/h1-5,8H,6,10H2,(H,11,12);4,6H,1-3H2,(H,7,8);;/q;;+1;/t8-;4-;;/m11../s1. The zero-order valence-corrected chi connectivity index (χ0v) is 12.5. The van der Waals surface area contributed by atoms with Crippen LogP contribution in [-0.2, 0) is 33.1 Å². The first-order valence-corrected chi connectivity index (χ1v) is 6.49. The number of rotatable bonds is 4. The van der Waals surface area contributed by atoms with Gasteiger partial charge >= 0.3 is 29.0 Å². The van der Waals surface area contributed by atoms with E-state index in [4.69, 9.17) is 15.9 Å². The molecule has 0 radical (unpaired) electrons. The zero-order chi connectivity index (χ0) is 15.0. The summed E-state index contributed by atoms with van der Waals surface area (Å²) in [6.45, 7) is 0.858. The number of nitrogens with two attached hydrogens (primary N) is 1. The quantitative estimate of drug-likeness (QED) is 0.580. The molecule has 6 nitrogen and oxygen atoms in total. The van der Waals surface area contributed by atoms with Crippen LogP contribution in [0.1, 0.15) is 18.4 Å². The molecule has 5 N–H and O–H groups in total. The predicted octanol–water partition coefficient (Wildman–Crippen LogP) is 0.194. The van der Waals surface area contributed by atoms with Gasteiger partial charge in [0.15, 0.2) is 0 Å². The Balaban J connectivity index is 0.000000390. The minimum atomic E-state index is -0.959. The molecule has 1 heterocycles. The molecule has 2 rings (SSSR count). The van der Waals surface area contributed by atoms with Gasteiger partial charge in [-0.2, -0.15) is 0 Å². The molecule has 21 heavy (non-hydrogen) atoms. The zero-order valence-electron chi connectivity index (χ0n) is 11.5. The summed E-state index contributed by atoms with van der Waals surface area (Å²) in [5, 5.41) is 19.7. The van der Waals surface area contributed by atoms with Gasteiger partial charge in [-0.3, -0.25) is 9.59 Å². The summed E-state index contributed by atoms with van der Waals surface area (Å²) in [4.78, 5) is 20.5. The molecule has 0 aliphatic carbocycles. The number of aliphatic carboxylic acids is 2. The van der Waals surface area contributed by atoms with Crippen LogP contribution < -0.4 is 11.1 Å². The molecule has 0 unspecified atom stereocenters. The predicted molar refractivity (Wildman–Crippen MR) is 75.8 cm³/mol. The summed E-state index contributed by atoms with van der Waals surface area (Å²) in [7, 11) is 0. The van der Waals surface area contributed by atoms with E-state index in [1.54, 1.807) is 0 Å². The maximum absolute atomic E-state index is 10.4. The number of nitrogens with one attached hydrogen (secondary N) is 1. The Bertz CT molecular complexity index is 436. The molecule has 0 amide bonds. The van der Waals surface area contributed by atoms with Crippen molar-refractivity contribution >= 4 is 11.9 Å². The van der Waals surface area contributed by atoms with E-state index in [2.05, 4.69) is 5.32 Å². The second-order valence-electron chi connectivity index (χ2n) is 4.62. The van der Waals surface area contributed by atoms with Gasteiger partial charge in [-0.25, -0.2) is 0 Å². The average Bonchev–Trinajstić information content (AvgIpc) is 2.94. The van der Waals surface area contributed by atoms with E-state index in [9.17, 15) is 9.59 Å². The van der Waals surface area contributed by atoms with Gasteiger partial charge in [0, 0.05) is 0 Å². The fourth-order valence-electron chi connectivity index (χ4n) is 1.85. The van der Waals surface area contributed by atoms with Crippen molar-refractivity contribution in [1.29, 1.82) is 0 Å². The van der Waals surface area contributed by atoms with Gasteiger partial charge < -0.3 is 21.3 Å². The van der Waals surface area contributed by atoms with Gasteiger partial charge in [0.25, 0.3) is 0 Å². The molecule has 121 valence electrons. The molecule has 1 aliphatic heterocycles. The summed E-state index contributed by atoms with van der Waals surface area (Å²) >= 11 is 0.